The van der Waals surface area contributed by atoms with Crippen molar-refractivity contribution in [1.29, 1.82) is 0 Å². The molecule has 0 aliphatic heterocycles. The van der Waals surface area contributed by atoms with E-state index in [0.717, 1.165) is 32.5 Å². The summed E-state index contributed by atoms with van der Waals surface area (Å²) in [5.74, 6) is 0.527. The number of halogens is 1. The highest BCUT2D eigenvalue weighted by Gasteiger charge is 2.13. The first-order valence-corrected chi connectivity index (χ1v) is 9.27. The average molecular weight is 379 g/mol. The van der Waals surface area contributed by atoms with Gasteiger partial charge in [-0.3, -0.25) is 0 Å². The van der Waals surface area contributed by atoms with Crippen LogP contribution in [0.5, 0.6) is 0 Å². The molecule has 0 saturated heterocycles. The van der Waals surface area contributed by atoms with E-state index in [-0.39, 0.29) is 0 Å². The molecule has 0 fully saturated rings. The van der Waals surface area contributed by atoms with Crippen molar-refractivity contribution in [2.75, 3.05) is 5.32 Å². The van der Waals surface area contributed by atoms with Crippen LogP contribution >= 0.6 is 22.9 Å². The summed E-state index contributed by atoms with van der Waals surface area (Å²) < 4.78 is 0. The van der Waals surface area contributed by atoms with E-state index in [2.05, 4.69) is 27.4 Å². The number of nitrogens with one attached hydrogen (secondary N) is 1. The molecule has 0 radical (unpaired) electrons. The van der Waals surface area contributed by atoms with Crippen LogP contribution in [0.4, 0.5) is 11.6 Å². The number of thiazole rings is 1. The number of benzene rings is 2. The predicted molar refractivity (Wildman–Crippen MR) is 108 cm³/mol. The van der Waals surface area contributed by atoms with Crippen molar-refractivity contribution in [1.82, 2.24) is 15.0 Å². The second-order valence-corrected chi connectivity index (χ2v) is 7.14. The summed E-state index contributed by atoms with van der Waals surface area (Å²) in [5, 5.41) is 4.84. The Balaban J connectivity index is 1.66. The first kappa shape index (κ1) is 16.7. The zero-order valence-electron chi connectivity index (χ0n) is 14.0. The molecule has 1 N–H and O–H groups in total. The van der Waals surface area contributed by atoms with Gasteiger partial charge in [-0.15, -0.1) is 11.3 Å². The van der Waals surface area contributed by atoms with Gasteiger partial charge in [-0.25, -0.2) is 15.0 Å². The highest BCUT2D eigenvalue weighted by atomic mass is 35.5. The summed E-state index contributed by atoms with van der Waals surface area (Å²) in [6.07, 6.45) is 1.75. The van der Waals surface area contributed by atoms with Crippen LogP contribution in [-0.2, 0) is 0 Å². The smallest absolute Gasteiger partial charge is 0.227 e. The van der Waals surface area contributed by atoms with Crippen LogP contribution in [-0.4, -0.2) is 15.0 Å². The van der Waals surface area contributed by atoms with Crippen LogP contribution in [0.1, 0.15) is 5.69 Å². The Morgan fingerprint density at radius 3 is 2.62 bits per heavy atom. The Hall–Kier alpha value is -2.76. The second-order valence-electron chi connectivity index (χ2n) is 5.70. The normalized spacial score (nSPS) is 10.7. The maximum atomic E-state index is 6.03. The molecule has 0 bridgehead atoms. The molecule has 26 heavy (non-hydrogen) atoms. The fraction of sp³-hybridized carbons (Fsp3) is 0.0500. The standard InChI is InChI=1S/C20H15ClN4S/c1-13-18(26-19(23-13)14-6-3-2-4-7-14)17-10-11-22-20(25-17)24-16-9-5-8-15(21)12-16/h2-12H,1H3,(H,22,24,25). The average Bonchev–Trinajstić information content (AvgIpc) is 3.05. The first-order chi connectivity index (χ1) is 12.7. The predicted octanol–water partition coefficient (Wildman–Crippen LogP) is 5.97. The zero-order chi connectivity index (χ0) is 17.9. The highest BCUT2D eigenvalue weighted by molar-refractivity contribution is 7.18. The number of anilines is 2. The minimum Gasteiger partial charge on any atom is -0.324 e. The van der Waals surface area contributed by atoms with Gasteiger partial charge < -0.3 is 5.32 Å². The van der Waals surface area contributed by atoms with E-state index in [0.29, 0.717) is 11.0 Å². The summed E-state index contributed by atoms with van der Waals surface area (Å²) in [5.41, 5.74) is 3.77. The molecule has 4 nitrogen and oxygen atoms in total. The summed E-state index contributed by atoms with van der Waals surface area (Å²) in [7, 11) is 0. The zero-order valence-corrected chi connectivity index (χ0v) is 15.6. The van der Waals surface area contributed by atoms with E-state index < -0.39 is 0 Å². The summed E-state index contributed by atoms with van der Waals surface area (Å²) in [6, 6.07) is 19.5. The molecule has 4 rings (SSSR count). The number of nitrogens with zero attached hydrogens (tertiary/aromatic N) is 3. The van der Waals surface area contributed by atoms with Gasteiger partial charge in [0.05, 0.1) is 16.3 Å². The van der Waals surface area contributed by atoms with E-state index in [4.69, 9.17) is 16.6 Å². The molecule has 4 aromatic rings. The van der Waals surface area contributed by atoms with Gasteiger partial charge in [0.2, 0.25) is 5.95 Å². The Labute approximate surface area is 160 Å². The molecule has 0 atom stereocenters. The van der Waals surface area contributed by atoms with E-state index in [1.807, 2.05) is 55.5 Å². The lowest BCUT2D eigenvalue weighted by Crippen LogP contribution is -1.97. The SMILES string of the molecule is Cc1nc(-c2ccccc2)sc1-c1ccnc(Nc2cccc(Cl)c2)n1. The fourth-order valence-electron chi connectivity index (χ4n) is 2.58. The molecule has 0 amide bonds. The quantitative estimate of drug-likeness (QED) is 0.475. The third-order valence-corrected chi connectivity index (χ3v) is 5.25. The maximum Gasteiger partial charge on any atom is 0.227 e. The second kappa shape index (κ2) is 7.23. The number of hydrogen-bond donors (Lipinski definition) is 1. The molecular formula is C20H15ClN4S. The third kappa shape index (κ3) is 3.59. The van der Waals surface area contributed by atoms with Gasteiger partial charge in [0.15, 0.2) is 0 Å². The van der Waals surface area contributed by atoms with Gasteiger partial charge in [0.1, 0.15) is 5.01 Å². The van der Waals surface area contributed by atoms with E-state index in [1.165, 1.54) is 0 Å². The van der Waals surface area contributed by atoms with Crippen LogP contribution < -0.4 is 5.32 Å². The lowest BCUT2D eigenvalue weighted by atomic mass is 10.2. The largest absolute Gasteiger partial charge is 0.324 e. The summed E-state index contributed by atoms with van der Waals surface area (Å²) in [6.45, 7) is 2.00. The van der Waals surface area contributed by atoms with Crippen LogP contribution in [0, 0.1) is 6.92 Å². The Morgan fingerprint density at radius 2 is 1.81 bits per heavy atom. The van der Waals surface area contributed by atoms with Crippen LogP contribution in [0.15, 0.2) is 66.9 Å². The van der Waals surface area contributed by atoms with E-state index in [1.54, 1.807) is 17.5 Å². The summed E-state index contributed by atoms with van der Waals surface area (Å²) in [4.78, 5) is 14.7. The van der Waals surface area contributed by atoms with Crippen molar-refractivity contribution in [2.45, 2.75) is 6.92 Å². The molecule has 0 aliphatic rings. The Bertz CT molecular complexity index is 1050. The minimum atomic E-state index is 0.527. The molecule has 2 heterocycles. The lowest BCUT2D eigenvalue weighted by molar-refractivity contribution is 1.16. The molecule has 2 aromatic carbocycles. The van der Waals surface area contributed by atoms with Crippen molar-refractivity contribution >= 4 is 34.6 Å². The van der Waals surface area contributed by atoms with Gasteiger partial charge in [0.25, 0.3) is 0 Å². The monoisotopic (exact) mass is 378 g/mol. The number of aromatic nitrogens is 3. The number of aryl methyl sites for hydroxylation is 1. The minimum absolute atomic E-state index is 0.527. The molecule has 0 unspecified atom stereocenters. The molecular weight excluding hydrogens is 364 g/mol. The van der Waals surface area contributed by atoms with Crippen LogP contribution in [0.3, 0.4) is 0 Å². The van der Waals surface area contributed by atoms with Crippen molar-refractivity contribution < 1.29 is 0 Å². The van der Waals surface area contributed by atoms with E-state index >= 15 is 0 Å². The highest BCUT2D eigenvalue weighted by Crippen LogP contribution is 2.34. The maximum absolute atomic E-state index is 6.03. The van der Waals surface area contributed by atoms with Crippen LogP contribution in [0.2, 0.25) is 5.02 Å². The summed E-state index contributed by atoms with van der Waals surface area (Å²) >= 11 is 7.67. The lowest BCUT2D eigenvalue weighted by Gasteiger charge is -2.06. The third-order valence-electron chi connectivity index (χ3n) is 3.79. The molecule has 2 aromatic heterocycles. The van der Waals surface area contributed by atoms with Gasteiger partial charge in [-0.1, -0.05) is 48.0 Å². The van der Waals surface area contributed by atoms with Gasteiger partial charge in [0, 0.05) is 22.5 Å². The fourth-order valence-corrected chi connectivity index (χ4v) is 3.81. The first-order valence-electron chi connectivity index (χ1n) is 8.08. The molecule has 0 spiro atoms. The molecule has 6 heteroatoms. The molecule has 128 valence electrons. The molecule has 0 saturated carbocycles. The number of hydrogen-bond acceptors (Lipinski definition) is 5. The van der Waals surface area contributed by atoms with Crippen molar-refractivity contribution in [3.8, 4) is 21.1 Å². The van der Waals surface area contributed by atoms with Gasteiger partial charge in [-0.05, 0) is 31.2 Å². The van der Waals surface area contributed by atoms with E-state index in [9.17, 15) is 0 Å². The Morgan fingerprint density at radius 1 is 0.962 bits per heavy atom. The van der Waals surface area contributed by atoms with Crippen LogP contribution in [0.25, 0.3) is 21.1 Å². The number of rotatable bonds is 4. The van der Waals surface area contributed by atoms with Crippen molar-refractivity contribution in [3.63, 3.8) is 0 Å². The topological polar surface area (TPSA) is 50.7 Å². The van der Waals surface area contributed by atoms with Gasteiger partial charge in [-0.2, -0.15) is 0 Å². The molecule has 0 aliphatic carbocycles. The van der Waals surface area contributed by atoms with Crippen molar-refractivity contribution in [3.05, 3.63) is 77.6 Å². The van der Waals surface area contributed by atoms with Gasteiger partial charge >= 0.3 is 0 Å². The Kier molecular flexibility index (Phi) is 4.65. The van der Waals surface area contributed by atoms with Crippen molar-refractivity contribution in [2.24, 2.45) is 0 Å².